The van der Waals surface area contributed by atoms with Crippen LogP contribution in [0.2, 0.25) is 0 Å². The van der Waals surface area contributed by atoms with Crippen LogP contribution >= 0.6 is 0 Å². The Hall–Kier alpha value is -1.65. The third-order valence-corrected chi connectivity index (χ3v) is 3.32. The van der Waals surface area contributed by atoms with Crippen LogP contribution < -0.4 is 0 Å². The van der Waals surface area contributed by atoms with Crippen LogP contribution in [-0.2, 0) is 18.5 Å². The molecule has 0 fully saturated rings. The Labute approximate surface area is 126 Å². The monoisotopic (exact) mass is 288 g/mol. The Kier molecular flexibility index (Phi) is 5.15. The standard InChI is InChI=1S/C17H24N2O2/c1-17(2,3)15-11-18-16(21-15)13-19(9-10-20)12-14-7-5-4-6-8-14/h4-8,11,20H,9-10,12-13H2,1-3H3. The van der Waals surface area contributed by atoms with Gasteiger partial charge in [0, 0.05) is 18.5 Å². The number of aliphatic hydroxyl groups is 1. The maximum Gasteiger partial charge on any atom is 0.208 e. The molecule has 1 aromatic carbocycles. The SMILES string of the molecule is CC(C)(C)c1cnc(CN(CCO)Cc2ccccc2)o1. The van der Waals surface area contributed by atoms with E-state index in [1.807, 2.05) is 18.2 Å². The molecule has 1 N–H and O–H groups in total. The first-order chi connectivity index (χ1) is 9.99. The van der Waals surface area contributed by atoms with E-state index in [0.29, 0.717) is 19.0 Å². The molecule has 114 valence electrons. The van der Waals surface area contributed by atoms with Crippen molar-refractivity contribution in [1.82, 2.24) is 9.88 Å². The van der Waals surface area contributed by atoms with Crippen molar-refractivity contribution in [1.29, 1.82) is 0 Å². The highest BCUT2D eigenvalue weighted by Gasteiger charge is 2.20. The number of hydrogen-bond donors (Lipinski definition) is 1. The molecule has 2 rings (SSSR count). The Morgan fingerprint density at radius 3 is 2.43 bits per heavy atom. The fourth-order valence-electron chi connectivity index (χ4n) is 2.12. The molecule has 0 aliphatic heterocycles. The van der Waals surface area contributed by atoms with Crippen LogP contribution in [0.4, 0.5) is 0 Å². The second kappa shape index (κ2) is 6.87. The van der Waals surface area contributed by atoms with E-state index in [1.165, 1.54) is 5.56 Å². The van der Waals surface area contributed by atoms with Crippen molar-refractivity contribution < 1.29 is 9.52 Å². The van der Waals surface area contributed by atoms with E-state index in [2.05, 4.69) is 42.8 Å². The van der Waals surface area contributed by atoms with Gasteiger partial charge in [-0.3, -0.25) is 4.90 Å². The molecule has 4 nitrogen and oxygen atoms in total. The number of hydrogen-bond acceptors (Lipinski definition) is 4. The third kappa shape index (κ3) is 4.69. The zero-order chi connectivity index (χ0) is 15.3. The number of aromatic nitrogens is 1. The van der Waals surface area contributed by atoms with E-state index >= 15 is 0 Å². The smallest absolute Gasteiger partial charge is 0.208 e. The Balaban J connectivity index is 2.04. The first-order valence-corrected chi connectivity index (χ1v) is 7.31. The molecule has 0 atom stereocenters. The van der Waals surface area contributed by atoms with Crippen LogP contribution in [0.15, 0.2) is 40.9 Å². The fourth-order valence-corrected chi connectivity index (χ4v) is 2.12. The maximum atomic E-state index is 9.23. The molecule has 0 saturated carbocycles. The lowest BCUT2D eigenvalue weighted by Crippen LogP contribution is -2.26. The summed E-state index contributed by atoms with van der Waals surface area (Å²) in [5.74, 6) is 1.59. The average Bonchev–Trinajstić information content (AvgIpc) is 2.89. The second-order valence-electron chi connectivity index (χ2n) is 6.29. The minimum absolute atomic E-state index is 0.0352. The summed E-state index contributed by atoms with van der Waals surface area (Å²) < 4.78 is 5.83. The summed E-state index contributed by atoms with van der Waals surface area (Å²) in [5, 5.41) is 9.23. The molecule has 0 spiro atoms. The van der Waals surface area contributed by atoms with Gasteiger partial charge in [0.2, 0.25) is 5.89 Å². The maximum absolute atomic E-state index is 9.23. The summed E-state index contributed by atoms with van der Waals surface area (Å²) in [6, 6.07) is 10.2. The van der Waals surface area contributed by atoms with Crippen molar-refractivity contribution >= 4 is 0 Å². The van der Waals surface area contributed by atoms with E-state index in [4.69, 9.17) is 4.42 Å². The predicted octanol–water partition coefficient (Wildman–Crippen LogP) is 2.97. The van der Waals surface area contributed by atoms with Gasteiger partial charge in [-0.1, -0.05) is 51.1 Å². The van der Waals surface area contributed by atoms with Crippen molar-refractivity contribution in [2.24, 2.45) is 0 Å². The topological polar surface area (TPSA) is 49.5 Å². The van der Waals surface area contributed by atoms with Crippen molar-refractivity contribution in [2.75, 3.05) is 13.2 Å². The highest BCUT2D eigenvalue weighted by molar-refractivity contribution is 5.14. The highest BCUT2D eigenvalue weighted by atomic mass is 16.4. The number of nitrogens with zero attached hydrogens (tertiary/aromatic N) is 2. The molecule has 0 radical (unpaired) electrons. The lowest BCUT2D eigenvalue weighted by Gasteiger charge is -2.20. The van der Waals surface area contributed by atoms with E-state index in [-0.39, 0.29) is 12.0 Å². The largest absolute Gasteiger partial charge is 0.444 e. The van der Waals surface area contributed by atoms with Crippen LogP contribution in [0.1, 0.15) is 38.0 Å². The third-order valence-electron chi connectivity index (χ3n) is 3.32. The quantitative estimate of drug-likeness (QED) is 0.888. The highest BCUT2D eigenvalue weighted by Crippen LogP contribution is 2.23. The normalized spacial score (nSPS) is 12.0. The molecule has 0 amide bonds. The first kappa shape index (κ1) is 15.7. The Morgan fingerprint density at radius 1 is 1.14 bits per heavy atom. The number of oxazole rings is 1. The van der Waals surface area contributed by atoms with Crippen LogP contribution in [-0.4, -0.2) is 28.1 Å². The van der Waals surface area contributed by atoms with Crippen molar-refractivity contribution in [2.45, 2.75) is 39.3 Å². The van der Waals surface area contributed by atoms with Crippen LogP contribution in [0.3, 0.4) is 0 Å². The summed E-state index contributed by atoms with van der Waals surface area (Å²) in [7, 11) is 0. The van der Waals surface area contributed by atoms with Crippen LogP contribution in [0.5, 0.6) is 0 Å². The second-order valence-corrected chi connectivity index (χ2v) is 6.29. The summed E-state index contributed by atoms with van der Waals surface area (Å²) in [6.07, 6.45) is 1.80. The van der Waals surface area contributed by atoms with Crippen LogP contribution in [0, 0.1) is 0 Å². The zero-order valence-corrected chi connectivity index (χ0v) is 13.0. The molecule has 0 aliphatic rings. The minimum Gasteiger partial charge on any atom is -0.444 e. The van der Waals surface area contributed by atoms with Gasteiger partial charge in [-0.25, -0.2) is 4.98 Å². The molecule has 0 bridgehead atoms. The summed E-state index contributed by atoms with van der Waals surface area (Å²) in [6.45, 7) is 8.41. The molecule has 4 heteroatoms. The summed E-state index contributed by atoms with van der Waals surface area (Å²) in [5.41, 5.74) is 1.18. The number of rotatable bonds is 6. The molecular formula is C17H24N2O2. The summed E-state index contributed by atoms with van der Waals surface area (Å²) in [4.78, 5) is 6.49. The molecular weight excluding hydrogens is 264 g/mol. The molecule has 1 aromatic heterocycles. The zero-order valence-electron chi connectivity index (χ0n) is 13.0. The van der Waals surface area contributed by atoms with Gasteiger partial charge in [0.1, 0.15) is 5.76 Å². The van der Waals surface area contributed by atoms with Gasteiger partial charge in [0.15, 0.2) is 0 Å². The molecule has 1 heterocycles. The molecule has 0 unspecified atom stereocenters. The number of benzene rings is 1. The van der Waals surface area contributed by atoms with E-state index < -0.39 is 0 Å². The van der Waals surface area contributed by atoms with Gasteiger partial charge in [-0.15, -0.1) is 0 Å². The van der Waals surface area contributed by atoms with E-state index in [0.717, 1.165) is 12.3 Å². The van der Waals surface area contributed by atoms with Gasteiger partial charge in [0.25, 0.3) is 0 Å². The number of aliphatic hydroxyl groups excluding tert-OH is 1. The van der Waals surface area contributed by atoms with Crippen molar-refractivity contribution in [3.63, 3.8) is 0 Å². The van der Waals surface area contributed by atoms with Gasteiger partial charge >= 0.3 is 0 Å². The molecule has 0 aliphatic carbocycles. The Morgan fingerprint density at radius 2 is 1.86 bits per heavy atom. The summed E-state index contributed by atoms with van der Waals surface area (Å²) >= 11 is 0. The van der Waals surface area contributed by atoms with Gasteiger partial charge < -0.3 is 9.52 Å². The van der Waals surface area contributed by atoms with E-state index in [9.17, 15) is 5.11 Å². The van der Waals surface area contributed by atoms with Crippen molar-refractivity contribution in [3.05, 3.63) is 53.7 Å². The lowest BCUT2D eigenvalue weighted by molar-refractivity contribution is 0.170. The fraction of sp³-hybridized carbons (Fsp3) is 0.471. The lowest BCUT2D eigenvalue weighted by atomic mass is 9.94. The Bertz CT molecular complexity index is 543. The molecule has 2 aromatic rings. The van der Waals surface area contributed by atoms with Gasteiger partial charge in [-0.05, 0) is 5.56 Å². The molecule has 0 saturated heterocycles. The minimum atomic E-state index is -0.0352. The van der Waals surface area contributed by atoms with Crippen molar-refractivity contribution in [3.8, 4) is 0 Å². The predicted molar refractivity (Wildman–Crippen MR) is 82.8 cm³/mol. The van der Waals surface area contributed by atoms with Crippen LogP contribution in [0.25, 0.3) is 0 Å². The van der Waals surface area contributed by atoms with E-state index in [1.54, 1.807) is 6.20 Å². The van der Waals surface area contributed by atoms with Gasteiger partial charge in [-0.2, -0.15) is 0 Å². The average molecular weight is 288 g/mol. The first-order valence-electron chi connectivity index (χ1n) is 7.31. The molecule has 21 heavy (non-hydrogen) atoms. The van der Waals surface area contributed by atoms with Gasteiger partial charge in [0.05, 0.1) is 19.3 Å².